The van der Waals surface area contributed by atoms with Crippen molar-refractivity contribution in [3.8, 4) is 74.1 Å². The normalized spacial score (nSPS) is 11.7. The van der Waals surface area contributed by atoms with E-state index < -0.39 is 0 Å². The molecule has 6 aromatic rings. The Labute approximate surface area is 279 Å². The molecule has 47 heavy (non-hydrogen) atoms. The highest BCUT2D eigenvalue weighted by Crippen LogP contribution is 2.38. The van der Waals surface area contributed by atoms with Crippen LogP contribution < -0.4 is 0 Å². The summed E-state index contributed by atoms with van der Waals surface area (Å²) in [6.07, 6.45) is 7.41. The first-order valence-electron chi connectivity index (χ1n) is 16.0. The molecule has 0 bridgehead atoms. The summed E-state index contributed by atoms with van der Waals surface area (Å²) in [6.45, 7) is 13.5. The van der Waals surface area contributed by atoms with Crippen molar-refractivity contribution in [1.82, 2.24) is 9.97 Å². The second-order valence-corrected chi connectivity index (χ2v) is 14.2. The first-order valence-corrected chi connectivity index (χ1v) is 16.0. The number of terminal acetylenes is 1. The summed E-state index contributed by atoms with van der Waals surface area (Å²) in [5, 5.41) is 10.9. The molecule has 0 spiro atoms. The second kappa shape index (κ2) is 12.4. The summed E-state index contributed by atoms with van der Waals surface area (Å²) in [7, 11) is 0. The number of aromatic hydroxyl groups is 1. The van der Waals surface area contributed by atoms with Crippen molar-refractivity contribution in [1.29, 1.82) is 0 Å². The SMILES string of the molecule is C#Cc1ccc(-c2ccnc(-c3cccc(-c4cc(-c5cc(C(C)(C)C)cc(C(C)(C)C)c5)cc(-c5ccccc5O)n4)c3)c2)cc1. The molecular weight excluding hydrogens is 572 g/mol. The van der Waals surface area contributed by atoms with E-state index in [1.807, 2.05) is 60.8 Å². The number of benzene rings is 4. The average Bonchev–Trinajstić information content (AvgIpc) is 3.07. The lowest BCUT2D eigenvalue weighted by atomic mass is 9.79. The van der Waals surface area contributed by atoms with Crippen LogP contribution in [0.25, 0.3) is 56.0 Å². The first-order chi connectivity index (χ1) is 22.4. The number of hydrogen-bond acceptors (Lipinski definition) is 3. The summed E-state index contributed by atoms with van der Waals surface area (Å²) < 4.78 is 0. The lowest BCUT2D eigenvalue weighted by Crippen LogP contribution is -2.16. The predicted octanol–water partition coefficient (Wildman–Crippen LogP) is 11.1. The molecule has 3 nitrogen and oxygen atoms in total. The van der Waals surface area contributed by atoms with Gasteiger partial charge >= 0.3 is 0 Å². The van der Waals surface area contributed by atoms with Crippen molar-refractivity contribution in [3.63, 3.8) is 0 Å². The van der Waals surface area contributed by atoms with Crippen LogP contribution in [0.15, 0.2) is 121 Å². The maximum atomic E-state index is 10.9. The van der Waals surface area contributed by atoms with Crippen LogP contribution in [0.4, 0.5) is 0 Å². The van der Waals surface area contributed by atoms with Crippen LogP contribution in [-0.4, -0.2) is 15.1 Å². The number of phenols is 1. The number of nitrogens with zero attached hydrogens (tertiary/aromatic N) is 2. The Kier molecular flexibility index (Phi) is 8.31. The number of hydrogen-bond donors (Lipinski definition) is 1. The van der Waals surface area contributed by atoms with E-state index in [0.29, 0.717) is 5.56 Å². The Hall–Kier alpha value is -5.46. The molecule has 0 radical (unpaired) electrons. The van der Waals surface area contributed by atoms with Gasteiger partial charge in [-0.1, -0.05) is 108 Å². The molecule has 2 aromatic heterocycles. The van der Waals surface area contributed by atoms with Crippen molar-refractivity contribution in [2.24, 2.45) is 0 Å². The molecule has 0 atom stereocenters. The predicted molar refractivity (Wildman–Crippen MR) is 196 cm³/mol. The Balaban J connectivity index is 1.50. The van der Waals surface area contributed by atoms with E-state index in [9.17, 15) is 5.11 Å². The largest absolute Gasteiger partial charge is 0.507 e. The third-order valence-electron chi connectivity index (χ3n) is 8.60. The average molecular weight is 613 g/mol. The van der Waals surface area contributed by atoms with Crippen LogP contribution >= 0.6 is 0 Å². The molecule has 0 saturated heterocycles. The summed E-state index contributed by atoms with van der Waals surface area (Å²) in [5.74, 6) is 2.88. The lowest BCUT2D eigenvalue weighted by molar-refractivity contribution is 0.477. The van der Waals surface area contributed by atoms with Gasteiger partial charge in [-0.15, -0.1) is 6.42 Å². The zero-order valence-electron chi connectivity index (χ0n) is 28.0. The molecule has 0 aliphatic rings. The van der Waals surface area contributed by atoms with Gasteiger partial charge in [0.1, 0.15) is 5.75 Å². The van der Waals surface area contributed by atoms with Gasteiger partial charge in [0.2, 0.25) is 0 Å². The number of pyridine rings is 2. The quantitative estimate of drug-likeness (QED) is 0.197. The summed E-state index contributed by atoms with van der Waals surface area (Å²) >= 11 is 0. The zero-order chi connectivity index (χ0) is 33.3. The van der Waals surface area contributed by atoms with Crippen LogP contribution in [0, 0.1) is 12.3 Å². The molecule has 1 N–H and O–H groups in total. The summed E-state index contributed by atoms with van der Waals surface area (Å²) in [5.41, 5.74) is 12.8. The van der Waals surface area contributed by atoms with Gasteiger partial charge in [-0.25, -0.2) is 4.98 Å². The third-order valence-corrected chi connectivity index (χ3v) is 8.60. The number of aromatic nitrogens is 2. The molecule has 0 aliphatic heterocycles. The van der Waals surface area contributed by atoms with E-state index in [2.05, 4.69) is 102 Å². The zero-order valence-corrected chi connectivity index (χ0v) is 28.0. The van der Waals surface area contributed by atoms with Gasteiger partial charge in [0.25, 0.3) is 0 Å². The Morgan fingerprint density at radius 3 is 1.77 bits per heavy atom. The monoisotopic (exact) mass is 612 g/mol. The first kappa shape index (κ1) is 31.5. The molecule has 232 valence electrons. The second-order valence-electron chi connectivity index (χ2n) is 14.2. The van der Waals surface area contributed by atoms with Crippen molar-refractivity contribution in [2.45, 2.75) is 52.4 Å². The van der Waals surface area contributed by atoms with E-state index in [-0.39, 0.29) is 16.6 Å². The minimum absolute atomic E-state index is 0.0222. The topological polar surface area (TPSA) is 46.0 Å². The van der Waals surface area contributed by atoms with E-state index in [4.69, 9.17) is 16.4 Å². The van der Waals surface area contributed by atoms with Gasteiger partial charge in [0.15, 0.2) is 0 Å². The number of rotatable bonds is 5. The van der Waals surface area contributed by atoms with E-state index in [1.54, 1.807) is 6.07 Å². The minimum Gasteiger partial charge on any atom is -0.507 e. The van der Waals surface area contributed by atoms with Crippen molar-refractivity contribution in [2.75, 3.05) is 0 Å². The van der Waals surface area contributed by atoms with Crippen molar-refractivity contribution in [3.05, 3.63) is 138 Å². The number of phenolic OH excluding ortho intramolecular Hbond substituents is 1. The van der Waals surface area contributed by atoms with Crippen LogP contribution in [0.2, 0.25) is 0 Å². The van der Waals surface area contributed by atoms with Crippen LogP contribution in [-0.2, 0) is 10.8 Å². The van der Waals surface area contributed by atoms with Gasteiger partial charge in [0.05, 0.1) is 17.1 Å². The van der Waals surface area contributed by atoms with Crippen LogP contribution in [0.3, 0.4) is 0 Å². The molecular formula is C44H40N2O. The van der Waals surface area contributed by atoms with E-state index in [0.717, 1.165) is 56.0 Å². The Bertz CT molecular complexity index is 2090. The highest BCUT2D eigenvalue weighted by Gasteiger charge is 2.22. The molecule has 0 fully saturated rings. The lowest BCUT2D eigenvalue weighted by Gasteiger charge is -2.26. The smallest absolute Gasteiger partial charge is 0.124 e. The maximum Gasteiger partial charge on any atom is 0.124 e. The van der Waals surface area contributed by atoms with E-state index in [1.165, 1.54) is 11.1 Å². The molecule has 3 heteroatoms. The third kappa shape index (κ3) is 6.88. The Morgan fingerprint density at radius 2 is 1.13 bits per heavy atom. The molecule has 2 heterocycles. The van der Waals surface area contributed by atoms with Crippen LogP contribution in [0.5, 0.6) is 5.75 Å². The Morgan fingerprint density at radius 1 is 0.532 bits per heavy atom. The standard InChI is InChI=1S/C44H40N2O/c1-8-29-16-18-30(19-17-29)31-20-21-45-39(25-31)32-12-11-13-33(22-32)40-26-35(27-41(46-40)38-14-9-10-15-42(38)47)34-23-36(43(2,3)4)28-37(24-34)44(5,6)7/h1,9-28,47H,2-7H3. The minimum atomic E-state index is -0.0222. The number of para-hydroxylation sites is 1. The van der Waals surface area contributed by atoms with Crippen molar-refractivity contribution >= 4 is 0 Å². The van der Waals surface area contributed by atoms with Gasteiger partial charge in [0, 0.05) is 28.5 Å². The van der Waals surface area contributed by atoms with Gasteiger partial charge in [-0.05, 0) is 98.8 Å². The molecule has 0 saturated carbocycles. The molecule has 0 aliphatic carbocycles. The fourth-order valence-corrected chi connectivity index (χ4v) is 5.70. The van der Waals surface area contributed by atoms with Gasteiger partial charge in [-0.3, -0.25) is 4.98 Å². The van der Waals surface area contributed by atoms with E-state index >= 15 is 0 Å². The molecule has 6 rings (SSSR count). The molecule has 0 unspecified atom stereocenters. The fraction of sp³-hybridized carbons (Fsp3) is 0.182. The molecule has 0 amide bonds. The van der Waals surface area contributed by atoms with Crippen LogP contribution in [0.1, 0.15) is 58.2 Å². The summed E-state index contributed by atoms with van der Waals surface area (Å²) in [6, 6.07) is 39.0. The summed E-state index contributed by atoms with van der Waals surface area (Å²) in [4.78, 5) is 9.85. The maximum absolute atomic E-state index is 10.9. The molecule has 4 aromatic carbocycles. The highest BCUT2D eigenvalue weighted by atomic mass is 16.3. The van der Waals surface area contributed by atoms with Gasteiger partial charge in [-0.2, -0.15) is 0 Å². The van der Waals surface area contributed by atoms with Crippen molar-refractivity contribution < 1.29 is 5.11 Å². The fourth-order valence-electron chi connectivity index (χ4n) is 5.70. The highest BCUT2D eigenvalue weighted by molar-refractivity contribution is 5.81. The van der Waals surface area contributed by atoms with Gasteiger partial charge < -0.3 is 5.11 Å².